The molecule has 1 aromatic heterocycles. The average Bonchev–Trinajstić information content (AvgIpc) is 2.54. The highest BCUT2D eigenvalue weighted by molar-refractivity contribution is 5.42. The molecular formula is C18H21NO2. The maximum absolute atomic E-state index is 11.0. The van der Waals surface area contributed by atoms with Crippen molar-refractivity contribution in [1.29, 1.82) is 0 Å². The smallest absolute Gasteiger partial charge is 0.137 e. The van der Waals surface area contributed by atoms with E-state index < -0.39 is 5.60 Å². The Hall–Kier alpha value is -1.87. The lowest BCUT2D eigenvalue weighted by atomic mass is 9.84. The van der Waals surface area contributed by atoms with Gasteiger partial charge < -0.3 is 9.84 Å². The lowest BCUT2D eigenvalue weighted by Crippen LogP contribution is -2.23. The summed E-state index contributed by atoms with van der Waals surface area (Å²) >= 11 is 0. The SMILES string of the molecule is COc1cncc(C(C)(O)c2ccc3c(c2)CCCC3)c1. The second kappa shape index (κ2) is 5.49. The van der Waals surface area contributed by atoms with E-state index in [-0.39, 0.29) is 0 Å². The third-order valence-electron chi connectivity index (χ3n) is 4.42. The fraction of sp³-hybridized carbons (Fsp3) is 0.389. The van der Waals surface area contributed by atoms with E-state index >= 15 is 0 Å². The Morgan fingerprint density at radius 1 is 1.05 bits per heavy atom. The van der Waals surface area contributed by atoms with Gasteiger partial charge in [-0.3, -0.25) is 4.98 Å². The van der Waals surface area contributed by atoms with Crippen LogP contribution in [-0.4, -0.2) is 17.2 Å². The van der Waals surface area contributed by atoms with Crippen LogP contribution in [0.25, 0.3) is 0 Å². The van der Waals surface area contributed by atoms with Gasteiger partial charge in [-0.2, -0.15) is 0 Å². The predicted octanol–water partition coefficient (Wildman–Crippen LogP) is 3.22. The van der Waals surface area contributed by atoms with Crippen LogP contribution in [0.1, 0.15) is 42.0 Å². The highest BCUT2D eigenvalue weighted by Gasteiger charge is 2.27. The Morgan fingerprint density at radius 3 is 2.57 bits per heavy atom. The van der Waals surface area contributed by atoms with Gasteiger partial charge in [0.2, 0.25) is 0 Å². The number of ether oxygens (including phenoxy) is 1. The van der Waals surface area contributed by atoms with Crippen LogP contribution in [-0.2, 0) is 18.4 Å². The first-order valence-corrected chi connectivity index (χ1v) is 7.45. The first kappa shape index (κ1) is 14.1. The molecule has 0 saturated heterocycles. The van der Waals surface area contributed by atoms with Crippen molar-refractivity contribution in [3.8, 4) is 5.75 Å². The molecule has 2 aromatic rings. The molecule has 110 valence electrons. The van der Waals surface area contributed by atoms with E-state index in [2.05, 4.69) is 17.1 Å². The van der Waals surface area contributed by atoms with Crippen molar-refractivity contribution in [3.63, 3.8) is 0 Å². The largest absolute Gasteiger partial charge is 0.495 e. The molecule has 1 aliphatic carbocycles. The van der Waals surface area contributed by atoms with Crippen molar-refractivity contribution in [3.05, 3.63) is 58.9 Å². The third-order valence-corrected chi connectivity index (χ3v) is 4.42. The average molecular weight is 283 g/mol. The van der Waals surface area contributed by atoms with Crippen LogP contribution in [0.3, 0.4) is 0 Å². The topological polar surface area (TPSA) is 42.4 Å². The third kappa shape index (κ3) is 2.66. The van der Waals surface area contributed by atoms with E-state index in [1.165, 1.54) is 24.0 Å². The zero-order chi connectivity index (χ0) is 14.9. The standard InChI is InChI=1S/C18H21NO2/c1-18(20,16-10-17(21-2)12-19-11-16)15-8-7-13-5-3-4-6-14(13)9-15/h7-12,20H,3-6H2,1-2H3. The molecule has 0 amide bonds. The van der Waals surface area contributed by atoms with E-state index in [4.69, 9.17) is 4.74 Å². The lowest BCUT2D eigenvalue weighted by molar-refractivity contribution is 0.101. The molecule has 21 heavy (non-hydrogen) atoms. The van der Waals surface area contributed by atoms with E-state index in [1.807, 2.05) is 19.1 Å². The minimum Gasteiger partial charge on any atom is -0.495 e. The number of nitrogens with zero attached hydrogens (tertiary/aromatic N) is 1. The first-order chi connectivity index (χ1) is 10.1. The van der Waals surface area contributed by atoms with Gasteiger partial charge in [-0.25, -0.2) is 0 Å². The summed E-state index contributed by atoms with van der Waals surface area (Å²) in [6, 6.07) is 8.18. The molecule has 1 aliphatic rings. The number of hydrogen-bond acceptors (Lipinski definition) is 3. The number of aryl methyl sites for hydroxylation is 2. The molecule has 3 rings (SSSR count). The molecule has 0 saturated carbocycles. The Labute approximate surface area is 125 Å². The van der Waals surface area contributed by atoms with Crippen LogP contribution in [0.5, 0.6) is 5.75 Å². The lowest BCUT2D eigenvalue weighted by Gasteiger charge is -2.26. The molecule has 0 spiro atoms. The van der Waals surface area contributed by atoms with Crippen LogP contribution >= 0.6 is 0 Å². The maximum Gasteiger partial charge on any atom is 0.137 e. The molecule has 1 unspecified atom stereocenters. The summed E-state index contributed by atoms with van der Waals surface area (Å²) < 4.78 is 5.20. The molecule has 3 nitrogen and oxygen atoms in total. The predicted molar refractivity (Wildman–Crippen MR) is 82.5 cm³/mol. The van der Waals surface area contributed by atoms with Gasteiger partial charge in [0.1, 0.15) is 11.4 Å². The van der Waals surface area contributed by atoms with Crippen molar-refractivity contribution < 1.29 is 9.84 Å². The van der Waals surface area contributed by atoms with E-state index in [9.17, 15) is 5.11 Å². The zero-order valence-electron chi connectivity index (χ0n) is 12.6. The number of aromatic nitrogens is 1. The molecule has 0 bridgehead atoms. The van der Waals surface area contributed by atoms with Crippen LogP contribution in [0.2, 0.25) is 0 Å². The number of pyridine rings is 1. The molecule has 1 heterocycles. The molecule has 1 atom stereocenters. The van der Waals surface area contributed by atoms with Crippen molar-refractivity contribution in [2.45, 2.75) is 38.2 Å². The molecule has 0 fully saturated rings. The maximum atomic E-state index is 11.0. The van der Waals surface area contributed by atoms with Gasteiger partial charge in [-0.1, -0.05) is 18.2 Å². The molecule has 3 heteroatoms. The van der Waals surface area contributed by atoms with Crippen molar-refractivity contribution in [1.82, 2.24) is 4.98 Å². The Bertz CT molecular complexity index is 649. The van der Waals surface area contributed by atoms with Gasteiger partial charge in [0.15, 0.2) is 0 Å². The number of aliphatic hydroxyl groups is 1. The first-order valence-electron chi connectivity index (χ1n) is 7.45. The minimum atomic E-state index is -1.06. The van der Waals surface area contributed by atoms with Gasteiger partial charge >= 0.3 is 0 Å². The van der Waals surface area contributed by atoms with Crippen LogP contribution in [0, 0.1) is 0 Å². The summed E-state index contributed by atoms with van der Waals surface area (Å²) in [5.41, 5.74) is 3.39. The summed E-state index contributed by atoms with van der Waals surface area (Å²) in [4.78, 5) is 4.15. The fourth-order valence-corrected chi connectivity index (χ4v) is 3.00. The Balaban J connectivity index is 2.00. The monoisotopic (exact) mass is 283 g/mol. The number of benzene rings is 1. The molecular weight excluding hydrogens is 262 g/mol. The number of methoxy groups -OCH3 is 1. The van der Waals surface area contributed by atoms with Gasteiger partial charge in [0, 0.05) is 11.8 Å². The van der Waals surface area contributed by atoms with E-state index in [1.54, 1.807) is 19.5 Å². The quantitative estimate of drug-likeness (QED) is 0.940. The van der Waals surface area contributed by atoms with Crippen molar-refractivity contribution in [2.75, 3.05) is 7.11 Å². The van der Waals surface area contributed by atoms with Crippen molar-refractivity contribution >= 4 is 0 Å². The summed E-state index contributed by atoms with van der Waals surface area (Å²) in [5, 5.41) is 11.0. The summed E-state index contributed by atoms with van der Waals surface area (Å²) in [7, 11) is 1.61. The van der Waals surface area contributed by atoms with E-state index in [0.29, 0.717) is 5.75 Å². The van der Waals surface area contributed by atoms with Crippen LogP contribution in [0.4, 0.5) is 0 Å². The summed E-state index contributed by atoms with van der Waals surface area (Å²) in [6.07, 6.45) is 8.10. The molecule has 1 aromatic carbocycles. The highest BCUT2D eigenvalue weighted by Crippen LogP contribution is 2.33. The Kier molecular flexibility index (Phi) is 3.68. The number of hydrogen-bond donors (Lipinski definition) is 1. The summed E-state index contributed by atoms with van der Waals surface area (Å²) in [5.74, 6) is 0.658. The molecule has 0 radical (unpaired) electrons. The molecule has 0 aliphatic heterocycles. The van der Waals surface area contributed by atoms with Crippen molar-refractivity contribution in [2.24, 2.45) is 0 Å². The second-order valence-corrected chi connectivity index (χ2v) is 5.88. The van der Waals surface area contributed by atoms with E-state index in [0.717, 1.165) is 24.0 Å². The second-order valence-electron chi connectivity index (χ2n) is 5.88. The van der Waals surface area contributed by atoms with Crippen LogP contribution < -0.4 is 4.74 Å². The van der Waals surface area contributed by atoms with Gasteiger partial charge in [-0.15, -0.1) is 0 Å². The van der Waals surface area contributed by atoms with Gasteiger partial charge in [0.25, 0.3) is 0 Å². The number of rotatable bonds is 3. The number of fused-ring (bicyclic) bond motifs is 1. The van der Waals surface area contributed by atoms with Gasteiger partial charge in [-0.05, 0) is 55.4 Å². The summed E-state index contributed by atoms with van der Waals surface area (Å²) in [6.45, 7) is 1.81. The normalized spacial score (nSPS) is 16.9. The Morgan fingerprint density at radius 2 is 1.81 bits per heavy atom. The zero-order valence-corrected chi connectivity index (χ0v) is 12.6. The minimum absolute atomic E-state index is 0.658. The van der Waals surface area contributed by atoms with Crippen LogP contribution in [0.15, 0.2) is 36.7 Å². The highest BCUT2D eigenvalue weighted by atomic mass is 16.5. The molecule has 1 N–H and O–H groups in total. The van der Waals surface area contributed by atoms with Gasteiger partial charge in [0.05, 0.1) is 13.3 Å². The fourth-order valence-electron chi connectivity index (χ4n) is 3.00.